The van der Waals surface area contributed by atoms with Crippen molar-refractivity contribution in [2.24, 2.45) is 16.5 Å². The van der Waals surface area contributed by atoms with Gasteiger partial charge in [0, 0.05) is 25.2 Å². The van der Waals surface area contributed by atoms with Crippen LogP contribution in [0.2, 0.25) is 0 Å². The van der Waals surface area contributed by atoms with E-state index in [9.17, 15) is 0 Å². The Morgan fingerprint density at radius 2 is 2.00 bits per heavy atom. The van der Waals surface area contributed by atoms with E-state index in [4.69, 9.17) is 20.9 Å². The summed E-state index contributed by atoms with van der Waals surface area (Å²) in [5, 5.41) is 0. The van der Waals surface area contributed by atoms with E-state index >= 15 is 0 Å². The minimum absolute atomic E-state index is 0.0909. The number of aliphatic imine (C=N–C) groups is 1. The molecule has 4 N–H and O–H groups in total. The van der Waals surface area contributed by atoms with Gasteiger partial charge in [0.05, 0.1) is 19.8 Å². The summed E-state index contributed by atoms with van der Waals surface area (Å²) in [6, 6.07) is 7.81. The molecule has 0 unspecified atom stereocenters. The van der Waals surface area contributed by atoms with Gasteiger partial charge in [-0.15, -0.1) is 0 Å². The van der Waals surface area contributed by atoms with E-state index in [2.05, 4.69) is 9.89 Å². The molecule has 0 atom stereocenters. The number of rotatable bonds is 6. The van der Waals surface area contributed by atoms with Gasteiger partial charge in [0.1, 0.15) is 12.4 Å². The molecule has 1 saturated heterocycles. The zero-order valence-electron chi connectivity index (χ0n) is 11.6. The van der Waals surface area contributed by atoms with Crippen molar-refractivity contribution in [2.45, 2.75) is 6.54 Å². The Balaban J connectivity index is 1.83. The summed E-state index contributed by atoms with van der Waals surface area (Å²) in [6.07, 6.45) is 0. The maximum absolute atomic E-state index is 5.84. The minimum atomic E-state index is 0.0909. The highest BCUT2D eigenvalue weighted by Crippen LogP contribution is 2.18. The van der Waals surface area contributed by atoms with Crippen LogP contribution < -0.4 is 16.2 Å². The molecule has 110 valence electrons. The second kappa shape index (κ2) is 7.72. The molecular weight excluding hydrogens is 256 g/mol. The molecule has 0 bridgehead atoms. The fraction of sp³-hybridized carbons (Fsp3) is 0.500. The van der Waals surface area contributed by atoms with Gasteiger partial charge < -0.3 is 20.9 Å². The van der Waals surface area contributed by atoms with Crippen molar-refractivity contribution in [3.63, 3.8) is 0 Å². The molecule has 2 rings (SSSR count). The molecule has 20 heavy (non-hydrogen) atoms. The van der Waals surface area contributed by atoms with E-state index in [1.54, 1.807) is 0 Å². The molecule has 0 spiro atoms. The average molecular weight is 278 g/mol. The van der Waals surface area contributed by atoms with Gasteiger partial charge in [-0.3, -0.25) is 4.90 Å². The van der Waals surface area contributed by atoms with Crippen molar-refractivity contribution in [3.05, 3.63) is 29.8 Å². The van der Waals surface area contributed by atoms with Crippen LogP contribution in [0.5, 0.6) is 5.75 Å². The van der Waals surface area contributed by atoms with E-state index < -0.39 is 0 Å². The summed E-state index contributed by atoms with van der Waals surface area (Å²) in [5.41, 5.74) is 11.7. The van der Waals surface area contributed by atoms with Crippen molar-refractivity contribution in [1.29, 1.82) is 0 Å². The zero-order chi connectivity index (χ0) is 14.2. The molecule has 0 aliphatic carbocycles. The number of hydrogen-bond donors (Lipinski definition) is 2. The van der Waals surface area contributed by atoms with E-state index in [0.29, 0.717) is 13.2 Å². The van der Waals surface area contributed by atoms with Gasteiger partial charge in [-0.25, -0.2) is 4.99 Å². The van der Waals surface area contributed by atoms with Gasteiger partial charge >= 0.3 is 0 Å². The molecule has 1 fully saturated rings. The molecule has 6 heteroatoms. The highest BCUT2D eigenvalue weighted by molar-refractivity contribution is 5.75. The monoisotopic (exact) mass is 278 g/mol. The molecule has 0 amide bonds. The Bertz CT molecular complexity index is 441. The van der Waals surface area contributed by atoms with Crippen molar-refractivity contribution in [2.75, 3.05) is 39.5 Å². The van der Waals surface area contributed by atoms with Crippen LogP contribution in [0, 0.1) is 0 Å². The number of nitrogens with two attached hydrogens (primary N) is 2. The van der Waals surface area contributed by atoms with Crippen LogP contribution in [-0.2, 0) is 11.3 Å². The summed E-state index contributed by atoms with van der Waals surface area (Å²) in [4.78, 5) is 6.35. The van der Waals surface area contributed by atoms with Gasteiger partial charge in [-0.1, -0.05) is 18.2 Å². The van der Waals surface area contributed by atoms with Crippen LogP contribution >= 0.6 is 0 Å². The number of benzene rings is 1. The molecule has 1 heterocycles. The highest BCUT2D eigenvalue weighted by Gasteiger charge is 2.10. The smallest absolute Gasteiger partial charge is 0.186 e. The fourth-order valence-electron chi connectivity index (χ4n) is 2.06. The summed E-state index contributed by atoms with van der Waals surface area (Å²) >= 11 is 0. The normalized spacial score (nSPS) is 15.8. The molecule has 6 nitrogen and oxygen atoms in total. The van der Waals surface area contributed by atoms with Crippen LogP contribution in [0.3, 0.4) is 0 Å². The van der Waals surface area contributed by atoms with Gasteiger partial charge in [0.25, 0.3) is 0 Å². The first kappa shape index (κ1) is 14.6. The SMILES string of the molecule is NC(N)=NCc1ccccc1OCCN1CCOCC1. The number of ether oxygens (including phenoxy) is 2. The Kier molecular flexibility index (Phi) is 5.64. The topological polar surface area (TPSA) is 86.1 Å². The first-order valence-electron chi connectivity index (χ1n) is 6.82. The summed E-state index contributed by atoms with van der Waals surface area (Å²) < 4.78 is 11.2. The fourth-order valence-corrected chi connectivity index (χ4v) is 2.06. The average Bonchev–Trinajstić information content (AvgIpc) is 2.47. The number of hydrogen-bond acceptors (Lipinski definition) is 4. The van der Waals surface area contributed by atoms with Gasteiger partial charge in [-0.2, -0.15) is 0 Å². The van der Waals surface area contributed by atoms with Crippen LogP contribution in [0.25, 0.3) is 0 Å². The predicted octanol–water partition coefficient (Wildman–Crippen LogP) is 0.171. The molecule has 0 radical (unpaired) electrons. The quantitative estimate of drug-likeness (QED) is 0.572. The third-order valence-corrected chi connectivity index (χ3v) is 3.17. The minimum Gasteiger partial charge on any atom is -0.492 e. The first-order chi connectivity index (χ1) is 9.75. The van der Waals surface area contributed by atoms with E-state index in [0.717, 1.165) is 44.2 Å². The molecule has 1 aromatic carbocycles. The Morgan fingerprint density at radius 1 is 1.25 bits per heavy atom. The molecule has 1 aliphatic rings. The van der Waals surface area contributed by atoms with Crippen molar-refractivity contribution in [1.82, 2.24) is 4.90 Å². The number of nitrogens with zero attached hydrogens (tertiary/aromatic N) is 2. The van der Waals surface area contributed by atoms with Crippen LogP contribution in [0.4, 0.5) is 0 Å². The first-order valence-corrected chi connectivity index (χ1v) is 6.82. The second-order valence-corrected chi connectivity index (χ2v) is 4.65. The summed E-state index contributed by atoms with van der Waals surface area (Å²) in [5.74, 6) is 0.930. The Hall–Kier alpha value is -1.79. The number of morpholine rings is 1. The summed E-state index contributed by atoms with van der Waals surface area (Å²) in [7, 11) is 0. The van der Waals surface area contributed by atoms with E-state index in [1.807, 2.05) is 24.3 Å². The Morgan fingerprint density at radius 3 is 2.75 bits per heavy atom. The Labute approximate surface area is 119 Å². The lowest BCUT2D eigenvalue weighted by molar-refractivity contribution is 0.0322. The molecule has 1 aliphatic heterocycles. The maximum atomic E-state index is 5.84. The molecule has 1 aromatic rings. The molecule has 0 aromatic heterocycles. The third kappa shape index (κ3) is 4.71. The lowest BCUT2D eigenvalue weighted by Gasteiger charge is -2.26. The third-order valence-electron chi connectivity index (χ3n) is 3.17. The molecular formula is C14H22N4O2. The highest BCUT2D eigenvalue weighted by atomic mass is 16.5. The van der Waals surface area contributed by atoms with Crippen LogP contribution in [-0.4, -0.2) is 50.3 Å². The maximum Gasteiger partial charge on any atom is 0.186 e. The lowest BCUT2D eigenvalue weighted by atomic mass is 10.2. The summed E-state index contributed by atoms with van der Waals surface area (Å²) in [6.45, 7) is 5.55. The lowest BCUT2D eigenvalue weighted by Crippen LogP contribution is -2.38. The van der Waals surface area contributed by atoms with Crippen molar-refractivity contribution >= 4 is 5.96 Å². The van der Waals surface area contributed by atoms with E-state index in [1.165, 1.54) is 0 Å². The second-order valence-electron chi connectivity index (χ2n) is 4.65. The van der Waals surface area contributed by atoms with Crippen LogP contribution in [0.1, 0.15) is 5.56 Å². The number of para-hydroxylation sites is 1. The number of guanidine groups is 1. The van der Waals surface area contributed by atoms with Crippen LogP contribution in [0.15, 0.2) is 29.3 Å². The standard InChI is InChI=1S/C14H22N4O2/c15-14(16)17-11-12-3-1-2-4-13(12)20-10-7-18-5-8-19-9-6-18/h1-4H,5-11H2,(H4,15,16,17). The van der Waals surface area contributed by atoms with Crippen molar-refractivity contribution in [3.8, 4) is 5.75 Å². The largest absolute Gasteiger partial charge is 0.492 e. The predicted molar refractivity (Wildman–Crippen MR) is 78.7 cm³/mol. The van der Waals surface area contributed by atoms with Gasteiger partial charge in [0.15, 0.2) is 5.96 Å². The molecule has 0 saturated carbocycles. The van der Waals surface area contributed by atoms with Gasteiger partial charge in [0.2, 0.25) is 0 Å². The zero-order valence-corrected chi connectivity index (χ0v) is 11.6. The van der Waals surface area contributed by atoms with Crippen molar-refractivity contribution < 1.29 is 9.47 Å². The van der Waals surface area contributed by atoms with Gasteiger partial charge in [-0.05, 0) is 6.07 Å². The van der Waals surface area contributed by atoms with E-state index in [-0.39, 0.29) is 5.96 Å².